The van der Waals surface area contributed by atoms with E-state index in [2.05, 4.69) is 5.32 Å². The molecule has 8 nitrogen and oxygen atoms in total. The Labute approximate surface area is 167 Å². The number of amides is 1. The summed E-state index contributed by atoms with van der Waals surface area (Å²) >= 11 is 0. The number of carboxylic acids is 1. The molecule has 8 heteroatoms. The summed E-state index contributed by atoms with van der Waals surface area (Å²) < 4.78 is 15.6. The lowest BCUT2D eigenvalue weighted by Gasteiger charge is -2.12. The third kappa shape index (κ3) is 6.69. The molecule has 0 saturated carbocycles. The van der Waals surface area contributed by atoms with Crippen LogP contribution in [-0.2, 0) is 14.3 Å². The molecule has 1 amide bonds. The Balaban J connectivity index is 1.94. The zero-order valence-corrected chi connectivity index (χ0v) is 16.0. The largest absolute Gasteiger partial charge is 0.493 e. The van der Waals surface area contributed by atoms with Crippen molar-refractivity contribution in [3.63, 3.8) is 0 Å². The van der Waals surface area contributed by atoms with Crippen LogP contribution in [0.3, 0.4) is 0 Å². The number of hydrogen-bond acceptors (Lipinski definition) is 6. The van der Waals surface area contributed by atoms with Crippen molar-refractivity contribution in [3.8, 4) is 11.5 Å². The maximum absolute atomic E-state index is 12.1. The van der Waals surface area contributed by atoms with Crippen molar-refractivity contribution in [2.24, 2.45) is 0 Å². The minimum absolute atomic E-state index is 0.264. The van der Waals surface area contributed by atoms with Gasteiger partial charge in [-0.1, -0.05) is 6.07 Å². The van der Waals surface area contributed by atoms with Gasteiger partial charge in [0.2, 0.25) is 0 Å². The molecule has 152 valence electrons. The Morgan fingerprint density at radius 1 is 1.07 bits per heavy atom. The van der Waals surface area contributed by atoms with E-state index in [1.54, 1.807) is 49.4 Å². The normalized spacial score (nSPS) is 10.4. The van der Waals surface area contributed by atoms with Crippen molar-refractivity contribution in [1.82, 2.24) is 0 Å². The predicted molar refractivity (Wildman–Crippen MR) is 106 cm³/mol. The van der Waals surface area contributed by atoms with Crippen LogP contribution in [0.4, 0.5) is 5.69 Å². The van der Waals surface area contributed by atoms with Crippen molar-refractivity contribution in [2.45, 2.75) is 6.92 Å². The number of anilines is 1. The fraction of sp³-hybridized carbons (Fsp3) is 0.190. The first kappa shape index (κ1) is 21.5. The molecule has 0 fully saturated rings. The highest BCUT2D eigenvalue weighted by Crippen LogP contribution is 2.28. The Bertz CT molecular complexity index is 904. The summed E-state index contributed by atoms with van der Waals surface area (Å²) in [5, 5.41) is 11.3. The zero-order chi connectivity index (χ0) is 21.2. The van der Waals surface area contributed by atoms with E-state index in [4.69, 9.17) is 19.3 Å². The molecule has 0 bridgehead atoms. The Morgan fingerprint density at radius 2 is 1.79 bits per heavy atom. The number of esters is 1. The predicted octanol–water partition coefficient (Wildman–Crippen LogP) is 2.99. The minimum Gasteiger partial charge on any atom is -0.493 e. The van der Waals surface area contributed by atoms with E-state index in [-0.39, 0.29) is 13.2 Å². The fourth-order valence-electron chi connectivity index (χ4n) is 2.32. The van der Waals surface area contributed by atoms with Gasteiger partial charge in [0.15, 0.2) is 18.1 Å². The molecule has 0 unspecified atom stereocenters. The van der Waals surface area contributed by atoms with Crippen LogP contribution in [0.25, 0.3) is 6.08 Å². The molecule has 0 saturated heterocycles. The average molecular weight is 399 g/mol. The molecule has 2 rings (SSSR count). The number of carboxylic acid groups (broad SMARTS) is 1. The molecule has 0 aliphatic rings. The summed E-state index contributed by atoms with van der Waals surface area (Å²) in [4.78, 5) is 34.3. The summed E-state index contributed by atoms with van der Waals surface area (Å²) in [5.41, 5.74) is 1.51. The van der Waals surface area contributed by atoms with Gasteiger partial charge in [-0.2, -0.15) is 0 Å². The van der Waals surface area contributed by atoms with Crippen molar-refractivity contribution < 1.29 is 33.7 Å². The summed E-state index contributed by atoms with van der Waals surface area (Å²) in [7, 11) is 1.44. The maximum Gasteiger partial charge on any atom is 0.338 e. The zero-order valence-electron chi connectivity index (χ0n) is 16.0. The number of hydrogen-bond donors (Lipinski definition) is 2. The van der Waals surface area contributed by atoms with Crippen LogP contribution in [0.5, 0.6) is 11.5 Å². The molecule has 2 N–H and O–H groups in total. The molecule has 2 aromatic rings. The number of carbonyl (C=O) groups is 3. The van der Waals surface area contributed by atoms with Crippen LogP contribution in [0.15, 0.2) is 48.5 Å². The number of carbonyl (C=O) groups excluding carboxylic acids is 2. The second-order valence-corrected chi connectivity index (χ2v) is 5.72. The van der Waals surface area contributed by atoms with E-state index in [0.29, 0.717) is 28.3 Å². The molecular weight excluding hydrogens is 378 g/mol. The summed E-state index contributed by atoms with van der Waals surface area (Å²) in [6.45, 7) is 1.75. The Kier molecular flexibility index (Phi) is 7.78. The van der Waals surface area contributed by atoms with Crippen LogP contribution in [-0.4, -0.2) is 43.3 Å². The van der Waals surface area contributed by atoms with E-state index in [0.717, 1.165) is 6.08 Å². The lowest BCUT2D eigenvalue weighted by atomic mass is 10.2. The van der Waals surface area contributed by atoms with Gasteiger partial charge in [0, 0.05) is 11.8 Å². The van der Waals surface area contributed by atoms with E-state index in [1.807, 2.05) is 0 Å². The van der Waals surface area contributed by atoms with Gasteiger partial charge in [-0.25, -0.2) is 9.59 Å². The standard InChI is InChI=1S/C21H21NO7/c1-3-28-21(26)15-6-8-16(9-7-15)22-19(23)13-29-17-10-4-14(5-11-20(24)25)12-18(17)27-2/h4-12H,3,13H2,1-2H3,(H,22,23)(H,24,25)/b11-5+. The number of benzene rings is 2. The van der Waals surface area contributed by atoms with Crippen LogP contribution in [0.1, 0.15) is 22.8 Å². The van der Waals surface area contributed by atoms with Crippen LogP contribution in [0.2, 0.25) is 0 Å². The highest BCUT2D eigenvalue weighted by atomic mass is 16.5. The molecule has 0 aromatic heterocycles. The number of methoxy groups -OCH3 is 1. The van der Waals surface area contributed by atoms with E-state index < -0.39 is 17.8 Å². The van der Waals surface area contributed by atoms with E-state index >= 15 is 0 Å². The molecule has 29 heavy (non-hydrogen) atoms. The number of rotatable bonds is 9. The smallest absolute Gasteiger partial charge is 0.338 e. The molecule has 0 radical (unpaired) electrons. The van der Waals surface area contributed by atoms with Crippen molar-refractivity contribution in [1.29, 1.82) is 0 Å². The summed E-state index contributed by atoms with van der Waals surface area (Å²) in [5.74, 6) is -1.18. The highest BCUT2D eigenvalue weighted by Gasteiger charge is 2.10. The minimum atomic E-state index is -1.06. The van der Waals surface area contributed by atoms with Crippen molar-refractivity contribution in [3.05, 3.63) is 59.7 Å². The first-order chi connectivity index (χ1) is 13.9. The Morgan fingerprint density at radius 3 is 2.41 bits per heavy atom. The van der Waals surface area contributed by atoms with Gasteiger partial charge in [-0.15, -0.1) is 0 Å². The molecule has 0 heterocycles. The number of nitrogens with one attached hydrogen (secondary N) is 1. The van der Waals surface area contributed by atoms with Crippen molar-refractivity contribution >= 4 is 29.6 Å². The summed E-state index contributed by atoms with van der Waals surface area (Å²) in [6, 6.07) is 11.1. The van der Waals surface area contributed by atoms with Crippen LogP contribution < -0.4 is 14.8 Å². The van der Waals surface area contributed by atoms with Gasteiger partial charge in [-0.3, -0.25) is 4.79 Å². The number of aliphatic carboxylic acids is 1. The van der Waals surface area contributed by atoms with E-state index in [1.165, 1.54) is 13.2 Å². The van der Waals surface area contributed by atoms with Gasteiger partial charge in [0.25, 0.3) is 5.91 Å². The lowest BCUT2D eigenvalue weighted by molar-refractivity contribution is -0.131. The second-order valence-electron chi connectivity index (χ2n) is 5.72. The average Bonchev–Trinajstić information content (AvgIpc) is 2.71. The lowest BCUT2D eigenvalue weighted by Crippen LogP contribution is -2.20. The van der Waals surface area contributed by atoms with E-state index in [9.17, 15) is 14.4 Å². The molecular formula is C21H21NO7. The molecule has 0 spiro atoms. The summed E-state index contributed by atoms with van der Waals surface area (Å²) in [6.07, 6.45) is 2.43. The third-order valence-corrected chi connectivity index (χ3v) is 3.64. The topological polar surface area (TPSA) is 111 Å². The van der Waals surface area contributed by atoms with Gasteiger partial charge in [-0.05, 0) is 55.0 Å². The highest BCUT2D eigenvalue weighted by molar-refractivity contribution is 5.93. The van der Waals surface area contributed by atoms with Gasteiger partial charge < -0.3 is 24.6 Å². The monoisotopic (exact) mass is 399 g/mol. The van der Waals surface area contributed by atoms with Crippen molar-refractivity contribution in [2.75, 3.05) is 25.6 Å². The first-order valence-corrected chi connectivity index (χ1v) is 8.71. The van der Waals surface area contributed by atoms with Gasteiger partial charge in [0.1, 0.15) is 0 Å². The maximum atomic E-state index is 12.1. The first-order valence-electron chi connectivity index (χ1n) is 8.71. The molecule has 0 atom stereocenters. The molecule has 0 aliphatic carbocycles. The quantitative estimate of drug-likeness (QED) is 0.492. The fourth-order valence-corrected chi connectivity index (χ4v) is 2.32. The second kappa shape index (κ2) is 10.5. The molecule has 2 aromatic carbocycles. The number of ether oxygens (including phenoxy) is 3. The van der Waals surface area contributed by atoms with Gasteiger partial charge >= 0.3 is 11.9 Å². The van der Waals surface area contributed by atoms with Gasteiger partial charge in [0.05, 0.1) is 19.3 Å². The SMILES string of the molecule is CCOC(=O)c1ccc(NC(=O)COc2ccc(/C=C/C(=O)O)cc2OC)cc1. The Hall–Kier alpha value is -3.81. The molecule has 0 aliphatic heterocycles. The van der Waals surface area contributed by atoms with Crippen LogP contribution in [0, 0.1) is 0 Å². The third-order valence-electron chi connectivity index (χ3n) is 3.64. The van der Waals surface area contributed by atoms with Crippen LogP contribution >= 0.6 is 0 Å².